The molecule has 1 aliphatic heterocycles. The SMILES string of the molecule is CN(C(=O)OCc1ccccc1)c1cc(B2OC(C)(C)C(C)(C)O2)cc(F)n1. The molecule has 2 aromatic rings. The lowest BCUT2D eigenvalue weighted by molar-refractivity contribution is 0.00578. The van der Waals surface area contributed by atoms with Crippen LogP contribution in [-0.2, 0) is 20.7 Å². The van der Waals surface area contributed by atoms with E-state index in [1.165, 1.54) is 13.1 Å². The van der Waals surface area contributed by atoms with Crippen molar-refractivity contribution in [3.63, 3.8) is 0 Å². The van der Waals surface area contributed by atoms with Crippen molar-refractivity contribution in [1.82, 2.24) is 4.98 Å². The van der Waals surface area contributed by atoms with Gasteiger partial charge in [0, 0.05) is 7.05 Å². The Labute approximate surface area is 164 Å². The number of halogens is 1. The van der Waals surface area contributed by atoms with Gasteiger partial charge in [0.05, 0.1) is 11.2 Å². The van der Waals surface area contributed by atoms with Crippen LogP contribution < -0.4 is 10.4 Å². The summed E-state index contributed by atoms with van der Waals surface area (Å²) in [6.45, 7) is 7.78. The molecule has 0 atom stereocenters. The third-order valence-corrected chi connectivity index (χ3v) is 5.15. The molecule has 0 aliphatic carbocycles. The van der Waals surface area contributed by atoms with Crippen LogP contribution in [0.4, 0.5) is 15.0 Å². The van der Waals surface area contributed by atoms with Crippen molar-refractivity contribution in [1.29, 1.82) is 0 Å². The van der Waals surface area contributed by atoms with Crippen LogP contribution in [0.25, 0.3) is 0 Å². The van der Waals surface area contributed by atoms with E-state index in [9.17, 15) is 9.18 Å². The molecule has 1 aromatic carbocycles. The molecule has 0 spiro atoms. The number of pyridine rings is 1. The number of carbonyl (C=O) groups is 1. The number of ether oxygens (including phenoxy) is 1. The van der Waals surface area contributed by atoms with Gasteiger partial charge in [-0.2, -0.15) is 4.39 Å². The van der Waals surface area contributed by atoms with Crippen molar-refractivity contribution in [3.8, 4) is 0 Å². The quantitative estimate of drug-likeness (QED) is 0.596. The Bertz CT molecular complexity index is 845. The number of hydrogen-bond donors (Lipinski definition) is 0. The van der Waals surface area contributed by atoms with E-state index in [1.807, 2.05) is 58.0 Å². The Kier molecular flexibility index (Phi) is 5.45. The molecule has 0 N–H and O–H groups in total. The molecule has 0 unspecified atom stereocenters. The second-order valence-electron chi connectivity index (χ2n) is 7.77. The molecular weight excluding hydrogens is 362 g/mol. The molecular formula is C20H24BFN2O4. The van der Waals surface area contributed by atoms with Crippen molar-refractivity contribution in [3.05, 3.63) is 54.0 Å². The molecule has 148 valence electrons. The average molecular weight is 386 g/mol. The van der Waals surface area contributed by atoms with E-state index in [0.29, 0.717) is 5.46 Å². The Balaban J connectivity index is 1.75. The zero-order chi connectivity index (χ0) is 20.5. The second-order valence-corrected chi connectivity index (χ2v) is 7.77. The van der Waals surface area contributed by atoms with Gasteiger partial charge >= 0.3 is 13.2 Å². The summed E-state index contributed by atoms with van der Waals surface area (Å²) in [5.74, 6) is -0.618. The van der Waals surface area contributed by atoms with Gasteiger partial charge in [0.2, 0.25) is 5.95 Å². The summed E-state index contributed by atoms with van der Waals surface area (Å²) in [6.07, 6.45) is -0.637. The van der Waals surface area contributed by atoms with E-state index in [1.54, 1.807) is 6.07 Å². The number of hydrogen-bond acceptors (Lipinski definition) is 5. The number of benzene rings is 1. The molecule has 1 aliphatic rings. The van der Waals surface area contributed by atoms with Crippen LogP contribution in [0.1, 0.15) is 33.3 Å². The Morgan fingerprint density at radius 1 is 1.14 bits per heavy atom. The normalized spacial score (nSPS) is 17.4. The lowest BCUT2D eigenvalue weighted by Crippen LogP contribution is -2.41. The molecule has 1 fully saturated rings. The number of amides is 1. The van der Waals surface area contributed by atoms with Crippen molar-refractivity contribution >= 4 is 24.5 Å². The Morgan fingerprint density at radius 2 is 1.75 bits per heavy atom. The number of anilines is 1. The van der Waals surface area contributed by atoms with Gasteiger partial charge in [0.15, 0.2) is 0 Å². The molecule has 0 saturated carbocycles. The predicted molar refractivity (Wildman–Crippen MR) is 105 cm³/mol. The van der Waals surface area contributed by atoms with Crippen LogP contribution in [0, 0.1) is 5.95 Å². The molecule has 2 heterocycles. The smallest absolute Gasteiger partial charge is 0.444 e. The van der Waals surface area contributed by atoms with Crippen molar-refractivity contribution in [2.45, 2.75) is 45.5 Å². The van der Waals surface area contributed by atoms with Crippen LogP contribution >= 0.6 is 0 Å². The van der Waals surface area contributed by atoms with Gasteiger partial charge < -0.3 is 14.0 Å². The highest BCUT2D eigenvalue weighted by molar-refractivity contribution is 6.62. The maximum absolute atomic E-state index is 14.1. The summed E-state index contributed by atoms with van der Waals surface area (Å²) in [5, 5.41) is 0. The average Bonchev–Trinajstić information content (AvgIpc) is 2.87. The minimum atomic E-state index is -0.755. The lowest BCUT2D eigenvalue weighted by Gasteiger charge is -2.32. The maximum atomic E-state index is 14.1. The van der Waals surface area contributed by atoms with Crippen LogP contribution in [0.15, 0.2) is 42.5 Å². The molecule has 0 bridgehead atoms. The first-order valence-electron chi connectivity index (χ1n) is 9.06. The molecule has 6 nitrogen and oxygen atoms in total. The van der Waals surface area contributed by atoms with E-state index >= 15 is 0 Å². The standard InChI is InChI=1S/C20H24BFN2O4/c1-19(2)20(3,4)28-21(27-19)15-11-16(22)23-17(12-15)24(5)18(25)26-13-14-9-7-6-8-10-14/h6-12H,13H2,1-5H3. The highest BCUT2D eigenvalue weighted by atomic mass is 19.1. The number of rotatable bonds is 4. The molecule has 3 rings (SSSR count). The first-order chi connectivity index (χ1) is 13.1. The van der Waals surface area contributed by atoms with Gasteiger partial charge in [-0.15, -0.1) is 0 Å². The number of nitrogens with zero attached hydrogens (tertiary/aromatic N) is 2. The molecule has 0 radical (unpaired) electrons. The fraction of sp³-hybridized carbons (Fsp3) is 0.400. The van der Waals surface area contributed by atoms with Gasteiger partial charge in [-0.05, 0) is 50.9 Å². The van der Waals surface area contributed by atoms with E-state index in [-0.39, 0.29) is 12.4 Å². The fourth-order valence-corrected chi connectivity index (χ4v) is 2.70. The topological polar surface area (TPSA) is 60.9 Å². The molecule has 1 saturated heterocycles. The molecule has 1 aromatic heterocycles. The zero-order valence-electron chi connectivity index (χ0n) is 16.7. The van der Waals surface area contributed by atoms with E-state index in [4.69, 9.17) is 14.0 Å². The zero-order valence-corrected chi connectivity index (χ0v) is 16.7. The van der Waals surface area contributed by atoms with Crippen LogP contribution in [0.3, 0.4) is 0 Å². The summed E-state index contributed by atoms with van der Waals surface area (Å²) < 4.78 is 31.3. The van der Waals surface area contributed by atoms with Gasteiger partial charge in [0.25, 0.3) is 0 Å². The van der Waals surface area contributed by atoms with Crippen molar-refractivity contribution < 1.29 is 23.2 Å². The summed E-state index contributed by atoms with van der Waals surface area (Å²) in [4.78, 5) is 17.3. The summed E-state index contributed by atoms with van der Waals surface area (Å²) >= 11 is 0. The third kappa shape index (κ3) is 4.18. The summed E-state index contributed by atoms with van der Waals surface area (Å²) in [6, 6.07) is 12.1. The minimum Gasteiger partial charge on any atom is -0.444 e. The van der Waals surface area contributed by atoms with E-state index in [0.717, 1.165) is 10.5 Å². The first kappa shape index (κ1) is 20.3. The van der Waals surface area contributed by atoms with Gasteiger partial charge in [-0.1, -0.05) is 30.3 Å². The highest BCUT2D eigenvalue weighted by Crippen LogP contribution is 2.36. The Morgan fingerprint density at radius 3 is 2.36 bits per heavy atom. The van der Waals surface area contributed by atoms with E-state index < -0.39 is 30.4 Å². The predicted octanol–water partition coefficient (Wildman–Crippen LogP) is 3.29. The largest absolute Gasteiger partial charge is 0.495 e. The number of carbonyl (C=O) groups excluding carboxylic acids is 1. The van der Waals surface area contributed by atoms with Gasteiger partial charge in [-0.3, -0.25) is 4.90 Å². The summed E-state index contributed by atoms with van der Waals surface area (Å²) in [7, 11) is 0.721. The monoisotopic (exact) mass is 386 g/mol. The maximum Gasteiger partial charge on any atom is 0.495 e. The number of aromatic nitrogens is 1. The molecule has 28 heavy (non-hydrogen) atoms. The van der Waals surface area contributed by atoms with Crippen LogP contribution in [0.5, 0.6) is 0 Å². The molecule has 8 heteroatoms. The first-order valence-corrected chi connectivity index (χ1v) is 9.06. The third-order valence-electron chi connectivity index (χ3n) is 5.15. The van der Waals surface area contributed by atoms with Gasteiger partial charge in [-0.25, -0.2) is 9.78 Å². The minimum absolute atomic E-state index is 0.114. The lowest BCUT2D eigenvalue weighted by atomic mass is 9.79. The van der Waals surface area contributed by atoms with Crippen LogP contribution in [0.2, 0.25) is 0 Å². The van der Waals surface area contributed by atoms with Crippen molar-refractivity contribution in [2.24, 2.45) is 0 Å². The highest BCUT2D eigenvalue weighted by Gasteiger charge is 2.52. The molecule has 1 amide bonds. The second kappa shape index (κ2) is 7.52. The Hall–Kier alpha value is -2.45. The van der Waals surface area contributed by atoms with Gasteiger partial charge in [0.1, 0.15) is 12.4 Å². The van der Waals surface area contributed by atoms with Crippen LogP contribution in [-0.4, -0.2) is 36.4 Å². The van der Waals surface area contributed by atoms with E-state index in [2.05, 4.69) is 4.98 Å². The fourth-order valence-electron chi connectivity index (χ4n) is 2.70. The van der Waals surface area contributed by atoms with Crippen molar-refractivity contribution in [2.75, 3.05) is 11.9 Å². The summed E-state index contributed by atoms with van der Waals surface area (Å²) in [5.41, 5.74) is 0.189.